The molecule has 0 aliphatic carbocycles. The highest BCUT2D eigenvalue weighted by Gasteiger charge is 1.99. The van der Waals surface area contributed by atoms with E-state index in [-0.39, 0.29) is 0 Å². The second-order valence-electron chi connectivity index (χ2n) is 4.39. The van der Waals surface area contributed by atoms with Crippen LogP contribution in [0.2, 0.25) is 0 Å². The minimum Gasteiger partial charge on any atom is -0.497 e. The molecule has 6 nitrogen and oxygen atoms in total. The van der Waals surface area contributed by atoms with Crippen LogP contribution < -0.4 is 15.4 Å². The summed E-state index contributed by atoms with van der Waals surface area (Å²) in [6.07, 6.45) is 1.72. The quantitative estimate of drug-likeness (QED) is 0.726. The Morgan fingerprint density at radius 1 is 1.05 bits per heavy atom. The highest BCUT2D eigenvalue weighted by molar-refractivity contribution is 5.40. The second-order valence-corrected chi connectivity index (χ2v) is 4.39. The lowest BCUT2D eigenvalue weighted by atomic mass is 10.2. The van der Waals surface area contributed by atoms with Gasteiger partial charge in [0.25, 0.3) is 0 Å². The van der Waals surface area contributed by atoms with Crippen LogP contribution in [0.5, 0.6) is 5.75 Å². The van der Waals surface area contributed by atoms with Gasteiger partial charge in [0.05, 0.1) is 13.7 Å². The third-order valence-electron chi connectivity index (χ3n) is 2.88. The first-order valence-electron chi connectivity index (χ1n) is 6.74. The summed E-state index contributed by atoms with van der Waals surface area (Å²) in [6, 6.07) is 9.75. The zero-order valence-corrected chi connectivity index (χ0v) is 12.3. The van der Waals surface area contributed by atoms with Gasteiger partial charge >= 0.3 is 0 Å². The number of benzene rings is 1. The Balaban J connectivity index is 1.88. The summed E-state index contributed by atoms with van der Waals surface area (Å²) in [7, 11) is 3.32. The van der Waals surface area contributed by atoms with Crippen LogP contribution >= 0.6 is 0 Å². The van der Waals surface area contributed by atoms with Gasteiger partial charge in [-0.2, -0.15) is 4.98 Å². The predicted molar refractivity (Wildman–Crippen MR) is 82.7 cm³/mol. The van der Waals surface area contributed by atoms with Gasteiger partial charge in [0, 0.05) is 26.4 Å². The van der Waals surface area contributed by atoms with Crippen LogP contribution in [-0.4, -0.2) is 37.3 Å². The molecule has 0 fully saturated rings. The van der Waals surface area contributed by atoms with E-state index in [2.05, 4.69) is 20.6 Å². The van der Waals surface area contributed by atoms with E-state index in [0.717, 1.165) is 17.1 Å². The number of anilines is 2. The summed E-state index contributed by atoms with van der Waals surface area (Å²) in [5.41, 5.74) is 1.16. The topological polar surface area (TPSA) is 68.3 Å². The standard InChI is InChI=1S/C15H20N4O2/c1-20-10-9-17-15-16-8-7-14(19-15)18-11-12-3-5-13(21-2)6-4-12/h3-8H,9-11H2,1-2H3,(H2,16,17,18,19). The number of methoxy groups -OCH3 is 2. The fourth-order valence-electron chi connectivity index (χ4n) is 1.74. The maximum Gasteiger partial charge on any atom is 0.224 e. The molecule has 0 saturated carbocycles. The zero-order valence-electron chi connectivity index (χ0n) is 12.3. The van der Waals surface area contributed by atoms with Crippen molar-refractivity contribution >= 4 is 11.8 Å². The Labute approximate surface area is 124 Å². The van der Waals surface area contributed by atoms with Crippen LogP contribution in [0.4, 0.5) is 11.8 Å². The van der Waals surface area contributed by atoms with Crippen molar-refractivity contribution < 1.29 is 9.47 Å². The molecule has 0 radical (unpaired) electrons. The highest BCUT2D eigenvalue weighted by atomic mass is 16.5. The molecule has 0 unspecified atom stereocenters. The average molecular weight is 288 g/mol. The summed E-state index contributed by atoms with van der Waals surface area (Å²) >= 11 is 0. The molecule has 2 rings (SSSR count). The van der Waals surface area contributed by atoms with Gasteiger partial charge in [0.15, 0.2) is 0 Å². The molecule has 0 atom stereocenters. The van der Waals surface area contributed by atoms with Crippen LogP contribution in [0.15, 0.2) is 36.5 Å². The second kappa shape index (κ2) is 8.06. The third-order valence-corrected chi connectivity index (χ3v) is 2.88. The molecule has 2 N–H and O–H groups in total. The Hall–Kier alpha value is -2.34. The molecular weight excluding hydrogens is 268 g/mol. The smallest absolute Gasteiger partial charge is 0.224 e. The van der Waals surface area contributed by atoms with Crippen LogP contribution in [0, 0.1) is 0 Å². The molecule has 21 heavy (non-hydrogen) atoms. The summed E-state index contributed by atoms with van der Waals surface area (Å²) in [5, 5.41) is 6.36. The molecule has 1 aromatic carbocycles. The number of nitrogens with one attached hydrogen (secondary N) is 2. The third kappa shape index (κ3) is 4.92. The lowest BCUT2D eigenvalue weighted by molar-refractivity contribution is 0.210. The van der Waals surface area contributed by atoms with Crippen molar-refractivity contribution in [3.63, 3.8) is 0 Å². The maximum absolute atomic E-state index is 5.13. The number of hydrogen-bond acceptors (Lipinski definition) is 6. The van der Waals surface area contributed by atoms with E-state index >= 15 is 0 Å². The Morgan fingerprint density at radius 2 is 1.86 bits per heavy atom. The van der Waals surface area contributed by atoms with E-state index < -0.39 is 0 Å². The van der Waals surface area contributed by atoms with E-state index in [1.54, 1.807) is 20.4 Å². The molecule has 112 valence electrons. The van der Waals surface area contributed by atoms with Crippen LogP contribution in [0.3, 0.4) is 0 Å². The average Bonchev–Trinajstić information content (AvgIpc) is 2.54. The number of hydrogen-bond donors (Lipinski definition) is 2. The van der Waals surface area contributed by atoms with Crippen molar-refractivity contribution in [2.24, 2.45) is 0 Å². The van der Waals surface area contributed by atoms with Crippen LogP contribution in [0.1, 0.15) is 5.56 Å². The van der Waals surface area contributed by atoms with Gasteiger partial charge in [-0.05, 0) is 23.8 Å². The zero-order chi connectivity index (χ0) is 14.9. The van der Waals surface area contributed by atoms with E-state index in [4.69, 9.17) is 9.47 Å². The molecule has 6 heteroatoms. The van der Waals surface area contributed by atoms with E-state index in [9.17, 15) is 0 Å². The Bertz CT molecular complexity index is 546. The molecule has 0 bridgehead atoms. The van der Waals surface area contributed by atoms with Crippen molar-refractivity contribution in [3.05, 3.63) is 42.1 Å². The van der Waals surface area contributed by atoms with Crippen LogP contribution in [0.25, 0.3) is 0 Å². The fraction of sp³-hybridized carbons (Fsp3) is 0.333. The van der Waals surface area contributed by atoms with Gasteiger partial charge in [0.1, 0.15) is 11.6 Å². The van der Waals surface area contributed by atoms with Crippen molar-refractivity contribution in [3.8, 4) is 5.75 Å². The molecular formula is C15H20N4O2. The first-order chi connectivity index (χ1) is 10.3. The molecule has 0 aliphatic heterocycles. The molecule has 1 heterocycles. The number of aromatic nitrogens is 2. The molecule has 0 amide bonds. The first-order valence-corrected chi connectivity index (χ1v) is 6.74. The van der Waals surface area contributed by atoms with Gasteiger partial charge in [-0.15, -0.1) is 0 Å². The van der Waals surface area contributed by atoms with Crippen molar-refractivity contribution in [1.29, 1.82) is 0 Å². The highest BCUT2D eigenvalue weighted by Crippen LogP contribution is 2.13. The van der Waals surface area contributed by atoms with E-state index in [1.807, 2.05) is 30.3 Å². The Morgan fingerprint density at radius 3 is 2.57 bits per heavy atom. The van der Waals surface area contributed by atoms with Crippen molar-refractivity contribution in [2.45, 2.75) is 6.54 Å². The van der Waals surface area contributed by atoms with Gasteiger partial charge in [-0.3, -0.25) is 0 Å². The monoisotopic (exact) mass is 288 g/mol. The molecule has 0 saturated heterocycles. The SMILES string of the molecule is COCCNc1nccc(NCc2ccc(OC)cc2)n1. The maximum atomic E-state index is 5.13. The summed E-state index contributed by atoms with van der Waals surface area (Å²) in [4.78, 5) is 8.53. The fourth-order valence-corrected chi connectivity index (χ4v) is 1.74. The minimum absolute atomic E-state index is 0.590. The first kappa shape index (κ1) is 15.1. The molecule has 1 aromatic heterocycles. The predicted octanol–water partition coefficient (Wildman–Crippen LogP) is 2.16. The lowest BCUT2D eigenvalue weighted by Gasteiger charge is -2.08. The summed E-state index contributed by atoms with van der Waals surface area (Å²) in [5.74, 6) is 2.22. The number of nitrogens with zero attached hydrogens (tertiary/aromatic N) is 2. The van der Waals surface area contributed by atoms with E-state index in [0.29, 0.717) is 25.6 Å². The summed E-state index contributed by atoms with van der Waals surface area (Å²) < 4.78 is 10.1. The van der Waals surface area contributed by atoms with Crippen molar-refractivity contribution in [1.82, 2.24) is 9.97 Å². The molecule has 2 aromatic rings. The van der Waals surface area contributed by atoms with Crippen molar-refractivity contribution in [2.75, 3.05) is 38.0 Å². The van der Waals surface area contributed by atoms with Gasteiger partial charge in [-0.25, -0.2) is 4.98 Å². The number of ether oxygens (including phenoxy) is 2. The lowest BCUT2D eigenvalue weighted by Crippen LogP contribution is -2.11. The number of rotatable bonds is 8. The van der Waals surface area contributed by atoms with Gasteiger partial charge < -0.3 is 20.1 Å². The molecule has 0 aliphatic rings. The van der Waals surface area contributed by atoms with Gasteiger partial charge in [0.2, 0.25) is 5.95 Å². The largest absolute Gasteiger partial charge is 0.497 e. The summed E-state index contributed by atoms with van der Waals surface area (Å²) in [6.45, 7) is 1.99. The van der Waals surface area contributed by atoms with E-state index in [1.165, 1.54) is 0 Å². The normalized spacial score (nSPS) is 10.2. The minimum atomic E-state index is 0.590. The Kier molecular flexibility index (Phi) is 5.78. The molecule has 0 spiro atoms. The van der Waals surface area contributed by atoms with Gasteiger partial charge in [-0.1, -0.05) is 12.1 Å². The van der Waals surface area contributed by atoms with Crippen LogP contribution in [-0.2, 0) is 11.3 Å².